The quantitative estimate of drug-likeness (QED) is 0.772. The van der Waals surface area contributed by atoms with Crippen molar-refractivity contribution in [2.45, 2.75) is 38.6 Å². The summed E-state index contributed by atoms with van der Waals surface area (Å²) in [7, 11) is 3.91. The maximum absolute atomic E-state index is 13.3. The zero-order chi connectivity index (χ0) is 21.0. The van der Waals surface area contributed by atoms with E-state index in [0.29, 0.717) is 11.9 Å². The normalized spacial score (nSPS) is 18.9. The van der Waals surface area contributed by atoms with Crippen molar-refractivity contribution in [2.75, 3.05) is 30.9 Å². The smallest absolute Gasteiger partial charge is 0.251 e. The van der Waals surface area contributed by atoms with E-state index in [1.54, 1.807) is 0 Å². The zero-order valence-corrected chi connectivity index (χ0v) is 17.0. The van der Waals surface area contributed by atoms with E-state index in [1.807, 2.05) is 32.1 Å². The van der Waals surface area contributed by atoms with Crippen LogP contribution in [0.25, 0.3) is 0 Å². The topological polar surface area (TPSA) is 70.1 Å². The average molecular weight is 403 g/mol. The van der Waals surface area contributed by atoms with Gasteiger partial charge in [-0.2, -0.15) is 4.98 Å². The Hall–Kier alpha value is -2.77. The number of hydrogen-bond donors (Lipinski definition) is 2. The van der Waals surface area contributed by atoms with Gasteiger partial charge < -0.3 is 15.5 Å². The number of benzene rings is 1. The first-order valence-corrected chi connectivity index (χ1v) is 9.84. The van der Waals surface area contributed by atoms with E-state index in [9.17, 15) is 13.6 Å². The molecule has 29 heavy (non-hydrogen) atoms. The summed E-state index contributed by atoms with van der Waals surface area (Å²) >= 11 is 0. The van der Waals surface area contributed by atoms with Crippen LogP contribution in [0.15, 0.2) is 24.4 Å². The summed E-state index contributed by atoms with van der Waals surface area (Å²) in [5.74, 6) is -0.346. The first-order chi connectivity index (χ1) is 13.8. The molecule has 2 N–H and O–H groups in total. The van der Waals surface area contributed by atoms with Gasteiger partial charge in [0.05, 0.1) is 0 Å². The predicted molar refractivity (Wildman–Crippen MR) is 109 cm³/mol. The Kier molecular flexibility index (Phi) is 6.61. The number of halogens is 2. The molecular formula is C21H27F2N5O. The molecule has 1 amide bonds. The van der Waals surface area contributed by atoms with Gasteiger partial charge in [0, 0.05) is 44.0 Å². The molecule has 0 bridgehead atoms. The fraction of sp³-hybridized carbons (Fsp3) is 0.476. The fourth-order valence-corrected chi connectivity index (χ4v) is 3.62. The molecule has 6 nitrogen and oxygen atoms in total. The summed E-state index contributed by atoms with van der Waals surface area (Å²) in [6, 6.07) is 3.25. The van der Waals surface area contributed by atoms with E-state index in [-0.39, 0.29) is 17.5 Å². The molecule has 1 aliphatic carbocycles. The highest BCUT2D eigenvalue weighted by molar-refractivity contribution is 5.94. The van der Waals surface area contributed by atoms with Crippen molar-refractivity contribution in [3.63, 3.8) is 0 Å². The van der Waals surface area contributed by atoms with E-state index >= 15 is 0 Å². The highest BCUT2D eigenvalue weighted by Crippen LogP contribution is 2.25. The lowest BCUT2D eigenvalue weighted by Gasteiger charge is -2.29. The van der Waals surface area contributed by atoms with Crippen LogP contribution < -0.4 is 15.5 Å². The molecule has 1 saturated carbocycles. The van der Waals surface area contributed by atoms with Crippen LogP contribution in [0, 0.1) is 24.5 Å². The maximum atomic E-state index is 13.3. The van der Waals surface area contributed by atoms with Gasteiger partial charge in [0.15, 0.2) is 11.6 Å². The number of rotatable bonds is 6. The minimum Gasteiger partial charge on any atom is -0.362 e. The summed E-state index contributed by atoms with van der Waals surface area (Å²) in [4.78, 5) is 23.1. The lowest BCUT2D eigenvalue weighted by molar-refractivity contribution is 0.0922. The molecule has 1 heterocycles. The Labute approximate surface area is 169 Å². The summed E-state index contributed by atoms with van der Waals surface area (Å²) < 4.78 is 26.3. The van der Waals surface area contributed by atoms with Crippen LogP contribution in [0.2, 0.25) is 0 Å². The third-order valence-electron chi connectivity index (χ3n) is 5.28. The standard InChI is InChI=1S/C21H27F2N5O/c1-13-11-24-21(27-19(13)28(2)3)25-12-14-4-7-16(8-5-14)26-20(29)15-6-9-17(22)18(23)10-15/h6,9-11,14,16H,4-5,7-8,12H2,1-3H3,(H,26,29)(H,24,25,27)/t14-,16+. The van der Waals surface area contributed by atoms with Crippen LogP contribution in [-0.4, -0.2) is 42.6 Å². The second-order valence-corrected chi connectivity index (χ2v) is 7.80. The molecule has 0 unspecified atom stereocenters. The molecule has 0 radical (unpaired) electrons. The number of hydrogen-bond acceptors (Lipinski definition) is 5. The van der Waals surface area contributed by atoms with Crippen molar-refractivity contribution in [1.29, 1.82) is 0 Å². The van der Waals surface area contributed by atoms with Crippen LogP contribution >= 0.6 is 0 Å². The monoisotopic (exact) mass is 403 g/mol. The minimum absolute atomic E-state index is 0.0443. The SMILES string of the molecule is Cc1cnc(NC[C@H]2CC[C@@H](NC(=O)c3ccc(F)c(F)c3)CC2)nc1N(C)C. The molecule has 1 aromatic carbocycles. The molecule has 1 aliphatic rings. The molecule has 8 heteroatoms. The Bertz CT molecular complexity index is 866. The van der Waals surface area contributed by atoms with Gasteiger partial charge in [0.25, 0.3) is 5.91 Å². The van der Waals surface area contributed by atoms with Crippen LogP contribution in [0.4, 0.5) is 20.5 Å². The number of aryl methyl sites for hydroxylation is 1. The molecule has 0 spiro atoms. The summed E-state index contributed by atoms with van der Waals surface area (Å²) in [5.41, 5.74) is 1.17. The fourth-order valence-electron chi connectivity index (χ4n) is 3.62. The van der Waals surface area contributed by atoms with Gasteiger partial charge in [-0.15, -0.1) is 0 Å². The Balaban J connectivity index is 1.46. The van der Waals surface area contributed by atoms with Crippen LogP contribution in [0.1, 0.15) is 41.6 Å². The zero-order valence-electron chi connectivity index (χ0n) is 17.0. The first-order valence-electron chi connectivity index (χ1n) is 9.84. The number of nitrogens with one attached hydrogen (secondary N) is 2. The molecule has 2 aromatic rings. The highest BCUT2D eigenvalue weighted by Gasteiger charge is 2.23. The minimum atomic E-state index is -1.01. The number of carbonyl (C=O) groups is 1. The second kappa shape index (κ2) is 9.15. The number of anilines is 2. The molecule has 1 fully saturated rings. The number of amides is 1. The molecule has 156 valence electrons. The largest absolute Gasteiger partial charge is 0.362 e. The maximum Gasteiger partial charge on any atom is 0.251 e. The molecule has 0 saturated heterocycles. The first kappa shape index (κ1) is 21.0. The summed E-state index contributed by atoms with van der Waals surface area (Å²) in [6.45, 7) is 2.76. The lowest BCUT2D eigenvalue weighted by atomic mass is 9.86. The lowest BCUT2D eigenvalue weighted by Crippen LogP contribution is -2.38. The van der Waals surface area contributed by atoms with Crippen molar-refractivity contribution in [3.8, 4) is 0 Å². The molecule has 1 aromatic heterocycles. The summed E-state index contributed by atoms with van der Waals surface area (Å²) in [6.07, 6.45) is 5.43. The van der Waals surface area contributed by atoms with Gasteiger partial charge in [-0.1, -0.05) is 0 Å². The number of aromatic nitrogens is 2. The van der Waals surface area contributed by atoms with Crippen molar-refractivity contribution >= 4 is 17.7 Å². The van der Waals surface area contributed by atoms with Crippen molar-refractivity contribution in [2.24, 2.45) is 5.92 Å². The molecule has 0 aliphatic heterocycles. The number of nitrogens with zero attached hydrogens (tertiary/aromatic N) is 3. The Morgan fingerprint density at radius 3 is 2.55 bits per heavy atom. The van der Waals surface area contributed by atoms with Gasteiger partial charge in [-0.25, -0.2) is 13.8 Å². The molecular weight excluding hydrogens is 376 g/mol. The van der Waals surface area contributed by atoms with E-state index in [0.717, 1.165) is 55.7 Å². The third-order valence-corrected chi connectivity index (χ3v) is 5.28. The van der Waals surface area contributed by atoms with Crippen molar-refractivity contribution in [1.82, 2.24) is 15.3 Å². The van der Waals surface area contributed by atoms with Gasteiger partial charge in [-0.05, 0) is 56.7 Å². The molecule has 0 atom stereocenters. The van der Waals surface area contributed by atoms with Crippen LogP contribution in [0.3, 0.4) is 0 Å². The van der Waals surface area contributed by atoms with Crippen LogP contribution in [0.5, 0.6) is 0 Å². The van der Waals surface area contributed by atoms with Gasteiger partial charge in [0.2, 0.25) is 5.95 Å². The summed E-state index contributed by atoms with van der Waals surface area (Å²) in [5, 5.41) is 6.24. The van der Waals surface area contributed by atoms with Gasteiger partial charge >= 0.3 is 0 Å². The Morgan fingerprint density at radius 1 is 1.17 bits per heavy atom. The van der Waals surface area contributed by atoms with Crippen LogP contribution in [-0.2, 0) is 0 Å². The van der Waals surface area contributed by atoms with E-state index in [2.05, 4.69) is 20.6 Å². The average Bonchev–Trinajstić information content (AvgIpc) is 2.70. The second-order valence-electron chi connectivity index (χ2n) is 7.80. The van der Waals surface area contributed by atoms with E-state index < -0.39 is 11.6 Å². The Morgan fingerprint density at radius 2 is 1.90 bits per heavy atom. The predicted octanol–water partition coefficient (Wildman–Crippen LogP) is 3.53. The van der Waals surface area contributed by atoms with E-state index in [1.165, 1.54) is 6.07 Å². The highest BCUT2D eigenvalue weighted by atomic mass is 19.2. The van der Waals surface area contributed by atoms with Gasteiger partial charge in [0.1, 0.15) is 5.82 Å². The third kappa shape index (κ3) is 5.40. The van der Waals surface area contributed by atoms with Crippen molar-refractivity contribution < 1.29 is 13.6 Å². The van der Waals surface area contributed by atoms with Gasteiger partial charge in [-0.3, -0.25) is 4.79 Å². The van der Waals surface area contributed by atoms with Crippen molar-refractivity contribution in [3.05, 3.63) is 47.2 Å². The number of carbonyl (C=O) groups excluding carboxylic acids is 1. The molecule has 3 rings (SSSR count). The van der Waals surface area contributed by atoms with E-state index in [4.69, 9.17) is 0 Å².